The largest absolute Gasteiger partial charge is 0.465 e. The number of likely N-dealkylation sites (tertiary alicyclic amines) is 1. The van der Waals surface area contributed by atoms with E-state index in [9.17, 15) is 9.59 Å². The molecule has 1 aliphatic heterocycles. The number of thiophene rings is 1. The van der Waals surface area contributed by atoms with Crippen LogP contribution in [0.15, 0.2) is 34.1 Å². The van der Waals surface area contributed by atoms with Crippen LogP contribution in [0, 0.1) is 0 Å². The van der Waals surface area contributed by atoms with Crippen molar-refractivity contribution in [2.75, 3.05) is 20.2 Å². The molecule has 32 heavy (non-hydrogen) atoms. The number of carbonyl (C=O) groups excluding carboxylic acids is 1. The number of fused-ring (bicyclic) bond motifs is 3. The fourth-order valence-corrected chi connectivity index (χ4v) is 6.38. The second-order valence-electron chi connectivity index (χ2n) is 8.81. The molecule has 1 aliphatic carbocycles. The van der Waals surface area contributed by atoms with E-state index in [2.05, 4.69) is 4.90 Å². The Labute approximate surface area is 191 Å². The third-order valence-electron chi connectivity index (χ3n) is 6.78. The number of methoxy groups -OCH3 is 1. The molecular weight excluding hydrogens is 422 g/mol. The molecule has 1 saturated carbocycles. The number of hydrogen-bond acceptors (Lipinski definition) is 5. The minimum absolute atomic E-state index is 0.0317. The first-order valence-electron chi connectivity index (χ1n) is 11.7. The Bertz CT molecular complexity index is 1230. The number of carbonyl (C=O) groups is 1. The van der Waals surface area contributed by atoms with Crippen LogP contribution in [0.4, 0.5) is 5.69 Å². The van der Waals surface area contributed by atoms with Crippen LogP contribution in [-0.2, 0) is 4.74 Å². The van der Waals surface area contributed by atoms with Crippen LogP contribution in [0.5, 0.6) is 0 Å². The maximum Gasteiger partial charge on any atom is 0.350 e. The van der Waals surface area contributed by atoms with E-state index in [0.29, 0.717) is 16.0 Å². The molecule has 2 aliphatic rings. The summed E-state index contributed by atoms with van der Waals surface area (Å²) in [5, 5.41) is 2.44. The lowest BCUT2D eigenvalue weighted by atomic mass is 9.94. The average Bonchev–Trinajstić information content (AvgIpc) is 3.23. The van der Waals surface area contributed by atoms with Crippen molar-refractivity contribution in [1.82, 2.24) is 9.47 Å². The molecule has 0 atom stereocenters. The smallest absolute Gasteiger partial charge is 0.350 e. The predicted octanol–water partition coefficient (Wildman–Crippen LogP) is 5.65. The third-order valence-corrected chi connectivity index (χ3v) is 7.94. The summed E-state index contributed by atoms with van der Waals surface area (Å²) in [6, 6.07) is 7.87. The predicted molar refractivity (Wildman–Crippen MR) is 131 cm³/mol. The van der Waals surface area contributed by atoms with Crippen LogP contribution in [0.3, 0.4) is 0 Å². The molecule has 3 heterocycles. The van der Waals surface area contributed by atoms with Crippen LogP contribution < -0.4 is 5.56 Å². The average molecular weight is 452 g/mol. The monoisotopic (exact) mass is 451 g/mol. The van der Waals surface area contributed by atoms with E-state index in [4.69, 9.17) is 9.73 Å². The van der Waals surface area contributed by atoms with Gasteiger partial charge in [0.1, 0.15) is 15.4 Å². The van der Waals surface area contributed by atoms with E-state index in [-0.39, 0.29) is 11.6 Å². The molecule has 0 unspecified atom stereocenters. The minimum Gasteiger partial charge on any atom is -0.465 e. The Morgan fingerprint density at radius 3 is 2.47 bits per heavy atom. The van der Waals surface area contributed by atoms with Gasteiger partial charge in [0, 0.05) is 29.9 Å². The maximum atomic E-state index is 13.6. The van der Waals surface area contributed by atoms with Crippen LogP contribution >= 0.6 is 11.3 Å². The van der Waals surface area contributed by atoms with Crippen molar-refractivity contribution in [1.29, 1.82) is 0 Å². The quantitative estimate of drug-likeness (QED) is 0.292. The van der Waals surface area contributed by atoms with Crippen LogP contribution in [0.2, 0.25) is 0 Å². The maximum absolute atomic E-state index is 13.6. The molecule has 6 nitrogen and oxygen atoms in total. The molecule has 2 aromatic heterocycles. The van der Waals surface area contributed by atoms with Crippen molar-refractivity contribution in [2.45, 2.75) is 57.4 Å². The lowest BCUT2D eigenvalue weighted by Gasteiger charge is -2.25. The summed E-state index contributed by atoms with van der Waals surface area (Å²) >= 11 is 1.35. The number of piperidine rings is 1. The number of nitrogens with zero attached hydrogens (tertiary/aromatic N) is 3. The van der Waals surface area contributed by atoms with E-state index < -0.39 is 5.97 Å². The number of rotatable bonds is 4. The Balaban J connectivity index is 1.79. The molecule has 168 valence electrons. The third kappa shape index (κ3) is 3.72. The van der Waals surface area contributed by atoms with Gasteiger partial charge in [0.05, 0.1) is 13.4 Å². The Hall–Kier alpha value is -2.67. The normalized spacial score (nSPS) is 18.1. The van der Waals surface area contributed by atoms with E-state index in [1.807, 2.05) is 35.2 Å². The van der Waals surface area contributed by atoms with E-state index in [0.717, 1.165) is 67.2 Å². The van der Waals surface area contributed by atoms with Crippen molar-refractivity contribution < 1.29 is 9.53 Å². The number of hydrogen-bond donors (Lipinski definition) is 0. The molecule has 7 heteroatoms. The molecule has 0 bridgehead atoms. The molecule has 0 amide bonds. The first-order chi connectivity index (χ1) is 15.7. The fraction of sp³-hybridized carbons (Fsp3) is 0.480. The molecule has 0 radical (unpaired) electrons. The highest BCUT2D eigenvalue weighted by Crippen LogP contribution is 2.43. The summed E-state index contributed by atoms with van der Waals surface area (Å²) in [6.45, 7) is 1.96. The van der Waals surface area contributed by atoms with Crippen molar-refractivity contribution in [3.63, 3.8) is 0 Å². The zero-order valence-corrected chi connectivity index (χ0v) is 19.3. The topological polar surface area (TPSA) is 63.9 Å². The van der Waals surface area contributed by atoms with Crippen LogP contribution in [0.1, 0.15) is 67.1 Å². The summed E-state index contributed by atoms with van der Waals surface area (Å²) in [5.74, 6) is -0.399. The van der Waals surface area contributed by atoms with E-state index >= 15 is 0 Å². The number of aromatic nitrogens is 1. The zero-order chi connectivity index (χ0) is 22.1. The summed E-state index contributed by atoms with van der Waals surface area (Å²) in [7, 11) is 1.40. The van der Waals surface area contributed by atoms with Gasteiger partial charge in [-0.25, -0.2) is 9.79 Å². The molecule has 2 fully saturated rings. The summed E-state index contributed by atoms with van der Waals surface area (Å²) in [6.07, 6.45) is 10.9. The standard InChI is InChI=1S/C25H29N3O3S/c1-31-25(30)22-21(26-16-27-14-8-3-9-15-27)20-18-12-6-7-13-19(18)23(29)28(24(20)32-22)17-10-4-2-5-11-17/h6-7,12-13,16-17H,2-5,8-11,14-15H2,1H3. The number of aliphatic imine (C=N–C) groups is 1. The highest BCUT2D eigenvalue weighted by molar-refractivity contribution is 7.21. The van der Waals surface area contributed by atoms with Gasteiger partial charge in [-0.2, -0.15) is 0 Å². The second-order valence-corrected chi connectivity index (χ2v) is 9.80. The highest BCUT2D eigenvalue weighted by Gasteiger charge is 2.27. The molecule has 0 N–H and O–H groups in total. The van der Waals surface area contributed by atoms with Gasteiger partial charge in [-0.1, -0.05) is 37.5 Å². The Kier molecular flexibility index (Phi) is 6.00. The van der Waals surface area contributed by atoms with Crippen LogP contribution in [0.25, 0.3) is 21.0 Å². The number of esters is 1. The van der Waals surface area contributed by atoms with Crippen molar-refractivity contribution >= 4 is 50.3 Å². The van der Waals surface area contributed by atoms with Crippen molar-refractivity contribution in [3.8, 4) is 0 Å². The van der Waals surface area contributed by atoms with Gasteiger partial charge in [0.25, 0.3) is 5.56 Å². The number of pyridine rings is 1. The van der Waals surface area contributed by atoms with E-state index in [1.54, 1.807) is 0 Å². The number of benzene rings is 1. The highest BCUT2D eigenvalue weighted by atomic mass is 32.1. The number of ether oxygens (including phenoxy) is 1. The molecule has 1 aromatic carbocycles. The Morgan fingerprint density at radius 1 is 1.06 bits per heavy atom. The zero-order valence-electron chi connectivity index (χ0n) is 18.5. The lowest BCUT2D eigenvalue weighted by molar-refractivity contribution is 0.0607. The van der Waals surface area contributed by atoms with E-state index in [1.165, 1.54) is 31.3 Å². The van der Waals surface area contributed by atoms with Gasteiger partial charge in [0.15, 0.2) is 0 Å². The van der Waals surface area contributed by atoms with Crippen molar-refractivity contribution in [3.05, 3.63) is 39.5 Å². The molecule has 3 aromatic rings. The Morgan fingerprint density at radius 2 is 1.75 bits per heavy atom. The van der Waals surface area contributed by atoms with Gasteiger partial charge >= 0.3 is 5.97 Å². The molecule has 0 spiro atoms. The summed E-state index contributed by atoms with van der Waals surface area (Å²) in [4.78, 5) is 34.8. The summed E-state index contributed by atoms with van der Waals surface area (Å²) < 4.78 is 7.07. The van der Waals surface area contributed by atoms with Crippen molar-refractivity contribution in [2.24, 2.45) is 4.99 Å². The minimum atomic E-state index is -0.399. The second kappa shape index (κ2) is 9.06. The summed E-state index contributed by atoms with van der Waals surface area (Å²) in [5.41, 5.74) is 0.660. The van der Waals surface area contributed by atoms with Gasteiger partial charge in [0.2, 0.25) is 0 Å². The molecular formula is C25H29N3O3S. The first-order valence-corrected chi connectivity index (χ1v) is 12.5. The SMILES string of the molecule is COC(=O)c1sc2c(c1N=CN1CCCCC1)c1ccccc1c(=O)n2C1CCCCC1. The molecule has 1 saturated heterocycles. The molecule has 5 rings (SSSR count). The van der Waals surface area contributed by atoms with Gasteiger partial charge < -0.3 is 9.64 Å². The fourth-order valence-electron chi connectivity index (χ4n) is 5.13. The lowest BCUT2D eigenvalue weighted by Crippen LogP contribution is -2.28. The van der Waals surface area contributed by atoms with Crippen LogP contribution in [-0.4, -0.2) is 42.0 Å². The first kappa shape index (κ1) is 21.2. The van der Waals surface area contributed by atoms with Gasteiger partial charge in [-0.15, -0.1) is 11.3 Å². The van der Waals surface area contributed by atoms with Gasteiger partial charge in [-0.3, -0.25) is 9.36 Å². The van der Waals surface area contributed by atoms with Gasteiger partial charge in [-0.05, 0) is 43.6 Å².